The van der Waals surface area contributed by atoms with Crippen LogP contribution < -0.4 is 0 Å². The first kappa shape index (κ1) is 11.7. The molecule has 1 aromatic rings. The number of aliphatic imine (C=N–C) groups is 1. The van der Waals surface area contributed by atoms with Crippen molar-refractivity contribution >= 4 is 34.7 Å². The Kier molecular flexibility index (Phi) is 3.72. The molecule has 0 spiro atoms. The molecule has 0 bridgehead atoms. The lowest BCUT2D eigenvalue weighted by atomic mass is 10.3. The van der Waals surface area contributed by atoms with Gasteiger partial charge < -0.3 is 4.90 Å². The van der Waals surface area contributed by atoms with Crippen LogP contribution in [0.2, 0.25) is 10.0 Å². The van der Waals surface area contributed by atoms with Gasteiger partial charge in [-0.2, -0.15) is 0 Å². The summed E-state index contributed by atoms with van der Waals surface area (Å²) in [4.78, 5) is 6.91. The lowest BCUT2D eigenvalue weighted by Crippen LogP contribution is -2.23. The summed E-state index contributed by atoms with van der Waals surface area (Å²) in [5.41, 5.74) is 0.879. The molecule has 0 N–H and O–H groups in total. The van der Waals surface area contributed by atoms with Crippen LogP contribution in [0.1, 0.15) is 19.8 Å². The van der Waals surface area contributed by atoms with Gasteiger partial charge in [0.05, 0.1) is 15.7 Å². The molecule has 2 nitrogen and oxygen atoms in total. The van der Waals surface area contributed by atoms with Gasteiger partial charge in [-0.3, -0.25) is 0 Å². The lowest BCUT2D eigenvalue weighted by Gasteiger charge is -2.15. The molecule has 4 heteroatoms. The summed E-state index contributed by atoms with van der Waals surface area (Å²) in [5.74, 6) is 1.15. The zero-order chi connectivity index (χ0) is 11.5. The predicted octanol–water partition coefficient (Wildman–Crippen LogP) is 4.14. The normalized spacial score (nSPS) is 18.4. The van der Waals surface area contributed by atoms with E-state index in [1.54, 1.807) is 6.07 Å². The fourth-order valence-corrected chi connectivity index (χ4v) is 2.18. The maximum absolute atomic E-state index is 5.95. The number of halogens is 2. The summed E-state index contributed by atoms with van der Waals surface area (Å²) >= 11 is 11.8. The van der Waals surface area contributed by atoms with Crippen molar-refractivity contribution in [3.63, 3.8) is 0 Å². The first-order chi connectivity index (χ1) is 7.70. The molecule has 16 heavy (non-hydrogen) atoms. The molecule has 0 amide bonds. The van der Waals surface area contributed by atoms with Crippen LogP contribution in [0.3, 0.4) is 0 Å². The van der Waals surface area contributed by atoms with Crippen molar-refractivity contribution in [3.8, 4) is 0 Å². The molecular formula is C12H14Cl2N2. The van der Waals surface area contributed by atoms with E-state index in [2.05, 4.69) is 16.8 Å². The highest BCUT2D eigenvalue weighted by molar-refractivity contribution is 6.42. The molecule has 0 aliphatic carbocycles. The topological polar surface area (TPSA) is 15.6 Å². The van der Waals surface area contributed by atoms with E-state index in [1.807, 2.05) is 12.1 Å². The largest absolute Gasteiger partial charge is 0.360 e. The Morgan fingerprint density at radius 1 is 1.31 bits per heavy atom. The first-order valence-corrected chi connectivity index (χ1v) is 6.24. The Morgan fingerprint density at radius 2 is 2.12 bits per heavy atom. The molecular weight excluding hydrogens is 243 g/mol. The molecule has 1 aromatic carbocycles. The molecule has 1 fully saturated rings. The third-order valence-electron chi connectivity index (χ3n) is 2.74. The summed E-state index contributed by atoms with van der Waals surface area (Å²) in [6.07, 6.45) is 2.24. The number of rotatable bonds is 2. The molecule has 1 aliphatic heterocycles. The van der Waals surface area contributed by atoms with Crippen LogP contribution in [-0.2, 0) is 0 Å². The van der Waals surface area contributed by atoms with Gasteiger partial charge in [0, 0.05) is 19.5 Å². The Morgan fingerprint density at radius 3 is 2.81 bits per heavy atom. The van der Waals surface area contributed by atoms with Crippen molar-refractivity contribution in [2.24, 2.45) is 4.99 Å². The fourth-order valence-electron chi connectivity index (χ4n) is 1.89. The SMILES string of the molecule is CCN1CCCC1=Nc1ccc(Cl)c(Cl)c1. The second-order valence-electron chi connectivity index (χ2n) is 3.81. The van der Waals surface area contributed by atoms with Crippen molar-refractivity contribution < 1.29 is 0 Å². The summed E-state index contributed by atoms with van der Waals surface area (Å²) < 4.78 is 0. The molecule has 1 aliphatic rings. The first-order valence-electron chi connectivity index (χ1n) is 5.48. The second kappa shape index (κ2) is 5.07. The van der Waals surface area contributed by atoms with Gasteiger partial charge in [0.25, 0.3) is 0 Å². The summed E-state index contributed by atoms with van der Waals surface area (Å²) in [6.45, 7) is 4.27. The number of nitrogens with zero attached hydrogens (tertiary/aromatic N) is 2. The summed E-state index contributed by atoms with van der Waals surface area (Å²) in [7, 11) is 0. The number of likely N-dealkylation sites (tertiary alicyclic amines) is 1. The third kappa shape index (κ3) is 2.50. The summed E-state index contributed by atoms with van der Waals surface area (Å²) in [5, 5.41) is 1.13. The highest BCUT2D eigenvalue weighted by atomic mass is 35.5. The third-order valence-corrected chi connectivity index (χ3v) is 3.48. The molecule has 0 atom stereocenters. The van der Waals surface area contributed by atoms with Crippen LogP contribution in [0.15, 0.2) is 23.2 Å². The van der Waals surface area contributed by atoms with Crippen LogP contribution >= 0.6 is 23.2 Å². The maximum Gasteiger partial charge on any atom is 0.105 e. The smallest absolute Gasteiger partial charge is 0.105 e. The predicted molar refractivity (Wildman–Crippen MR) is 70.0 cm³/mol. The lowest BCUT2D eigenvalue weighted by molar-refractivity contribution is 0.479. The number of hydrogen-bond donors (Lipinski definition) is 0. The van der Waals surface area contributed by atoms with Gasteiger partial charge in [-0.15, -0.1) is 0 Å². The van der Waals surface area contributed by atoms with Crippen LogP contribution in [0.25, 0.3) is 0 Å². The molecule has 86 valence electrons. The van der Waals surface area contributed by atoms with Gasteiger partial charge in [-0.05, 0) is 31.5 Å². The van der Waals surface area contributed by atoms with E-state index in [9.17, 15) is 0 Å². The Labute approximate surface area is 106 Å². The fraction of sp³-hybridized carbons (Fsp3) is 0.417. The van der Waals surface area contributed by atoms with Crippen molar-refractivity contribution in [3.05, 3.63) is 28.2 Å². The standard InChI is InChI=1S/C12H14Cl2N2/c1-2-16-7-3-4-12(16)15-9-5-6-10(13)11(14)8-9/h5-6,8H,2-4,7H2,1H3. The van der Waals surface area contributed by atoms with E-state index < -0.39 is 0 Å². The van der Waals surface area contributed by atoms with Crippen molar-refractivity contribution in [1.29, 1.82) is 0 Å². The molecule has 1 saturated heterocycles. The molecule has 0 radical (unpaired) electrons. The van der Waals surface area contributed by atoms with E-state index in [0.717, 1.165) is 31.0 Å². The number of benzene rings is 1. The van der Waals surface area contributed by atoms with Gasteiger partial charge in [-0.25, -0.2) is 4.99 Å². The maximum atomic E-state index is 5.95. The van der Waals surface area contributed by atoms with Gasteiger partial charge in [0.1, 0.15) is 5.84 Å². The summed E-state index contributed by atoms with van der Waals surface area (Å²) in [6, 6.07) is 5.49. The van der Waals surface area contributed by atoms with Gasteiger partial charge >= 0.3 is 0 Å². The zero-order valence-electron chi connectivity index (χ0n) is 9.21. The van der Waals surface area contributed by atoms with Crippen molar-refractivity contribution in [2.75, 3.05) is 13.1 Å². The zero-order valence-corrected chi connectivity index (χ0v) is 10.7. The van der Waals surface area contributed by atoms with E-state index >= 15 is 0 Å². The van der Waals surface area contributed by atoms with Gasteiger partial charge in [0.15, 0.2) is 0 Å². The molecule has 0 unspecified atom stereocenters. The Hall–Kier alpha value is -0.730. The van der Waals surface area contributed by atoms with Crippen molar-refractivity contribution in [2.45, 2.75) is 19.8 Å². The second-order valence-corrected chi connectivity index (χ2v) is 4.62. The number of hydrogen-bond acceptors (Lipinski definition) is 1. The monoisotopic (exact) mass is 256 g/mol. The molecule has 2 rings (SSSR count). The van der Waals surface area contributed by atoms with Crippen molar-refractivity contribution in [1.82, 2.24) is 4.90 Å². The van der Waals surface area contributed by atoms with E-state index in [1.165, 1.54) is 6.42 Å². The Bertz CT molecular complexity index is 415. The van der Waals surface area contributed by atoms with Gasteiger partial charge in [0.2, 0.25) is 0 Å². The minimum absolute atomic E-state index is 0.560. The van der Waals surface area contributed by atoms with Crippen LogP contribution in [-0.4, -0.2) is 23.8 Å². The molecule has 0 aromatic heterocycles. The Balaban J connectivity index is 2.25. The molecule has 1 heterocycles. The average Bonchev–Trinajstić information content (AvgIpc) is 2.71. The highest BCUT2D eigenvalue weighted by Gasteiger charge is 2.16. The van der Waals surface area contributed by atoms with Crippen LogP contribution in [0.4, 0.5) is 5.69 Å². The average molecular weight is 257 g/mol. The van der Waals surface area contributed by atoms with E-state index in [4.69, 9.17) is 23.2 Å². The van der Waals surface area contributed by atoms with Gasteiger partial charge in [-0.1, -0.05) is 23.2 Å². The quantitative estimate of drug-likeness (QED) is 0.777. The van der Waals surface area contributed by atoms with Crippen LogP contribution in [0, 0.1) is 0 Å². The minimum atomic E-state index is 0.560. The number of amidine groups is 1. The minimum Gasteiger partial charge on any atom is -0.360 e. The molecule has 0 saturated carbocycles. The van der Waals surface area contributed by atoms with E-state index in [0.29, 0.717) is 10.0 Å². The van der Waals surface area contributed by atoms with Crippen LogP contribution in [0.5, 0.6) is 0 Å². The highest BCUT2D eigenvalue weighted by Crippen LogP contribution is 2.27. The van der Waals surface area contributed by atoms with E-state index in [-0.39, 0.29) is 0 Å².